The Bertz CT molecular complexity index is 391. The molecule has 1 N–H and O–H groups in total. The fourth-order valence-electron chi connectivity index (χ4n) is 3.51. The van der Waals surface area contributed by atoms with Crippen molar-refractivity contribution < 1.29 is 0 Å². The summed E-state index contributed by atoms with van der Waals surface area (Å²) in [6.07, 6.45) is 8.49. The molecule has 0 radical (unpaired) electrons. The van der Waals surface area contributed by atoms with Crippen LogP contribution in [0.2, 0.25) is 0 Å². The molecule has 0 aromatic heterocycles. The third-order valence-electron chi connectivity index (χ3n) is 4.73. The molecule has 1 aliphatic carbocycles. The van der Waals surface area contributed by atoms with Gasteiger partial charge in [-0.1, -0.05) is 63.8 Å². The lowest BCUT2D eigenvalue weighted by atomic mass is 9.87. The second-order valence-corrected chi connectivity index (χ2v) is 6.95. The quantitative estimate of drug-likeness (QED) is 0.757. The van der Waals surface area contributed by atoms with Crippen molar-refractivity contribution in [3.63, 3.8) is 0 Å². The van der Waals surface area contributed by atoms with E-state index in [1.54, 1.807) is 5.56 Å². The topological polar surface area (TPSA) is 12.0 Å². The Morgan fingerprint density at radius 2 is 1.85 bits per heavy atom. The van der Waals surface area contributed by atoms with Crippen molar-refractivity contribution in [3.05, 3.63) is 35.4 Å². The highest BCUT2D eigenvalue weighted by Gasteiger charge is 2.21. The summed E-state index contributed by atoms with van der Waals surface area (Å²) in [5.74, 6) is 1.78. The lowest BCUT2D eigenvalue weighted by Gasteiger charge is -2.23. The van der Waals surface area contributed by atoms with Crippen LogP contribution in [0.1, 0.15) is 57.1 Å². The van der Waals surface area contributed by atoms with Crippen molar-refractivity contribution in [1.29, 1.82) is 0 Å². The van der Waals surface area contributed by atoms with E-state index in [0.717, 1.165) is 11.8 Å². The summed E-state index contributed by atoms with van der Waals surface area (Å²) < 4.78 is 0. The lowest BCUT2D eigenvalue weighted by molar-refractivity contribution is 0.348. The SMILES string of the molecule is Cc1ccccc1CC(CNC(C)C)CC1CCCC1. The van der Waals surface area contributed by atoms with E-state index in [0.29, 0.717) is 6.04 Å². The summed E-state index contributed by atoms with van der Waals surface area (Å²) in [6.45, 7) is 7.92. The fraction of sp³-hybridized carbons (Fsp3) is 0.684. The summed E-state index contributed by atoms with van der Waals surface area (Å²) in [4.78, 5) is 0. The predicted octanol–water partition coefficient (Wildman–Crippen LogP) is 4.73. The first-order valence-corrected chi connectivity index (χ1v) is 8.43. The number of nitrogens with one attached hydrogen (secondary N) is 1. The molecule has 112 valence electrons. The summed E-state index contributed by atoms with van der Waals surface area (Å²) in [5.41, 5.74) is 2.99. The molecule has 2 rings (SSSR count). The van der Waals surface area contributed by atoms with Gasteiger partial charge in [-0.25, -0.2) is 0 Å². The van der Waals surface area contributed by atoms with E-state index in [1.807, 2.05) is 0 Å². The molecule has 1 saturated carbocycles. The standard InChI is InChI=1S/C19H31N/c1-15(2)20-14-18(12-17-9-5-6-10-17)13-19-11-7-4-8-16(19)3/h4,7-8,11,15,17-18,20H,5-6,9-10,12-14H2,1-3H3. The maximum atomic E-state index is 3.66. The summed E-state index contributed by atoms with van der Waals surface area (Å²) in [5, 5.41) is 3.66. The molecule has 1 nitrogen and oxygen atoms in total. The molecule has 0 spiro atoms. The fourth-order valence-corrected chi connectivity index (χ4v) is 3.51. The zero-order valence-corrected chi connectivity index (χ0v) is 13.5. The molecule has 0 amide bonds. The van der Waals surface area contributed by atoms with E-state index in [-0.39, 0.29) is 0 Å². The molecule has 1 unspecified atom stereocenters. The van der Waals surface area contributed by atoms with Crippen LogP contribution in [0.5, 0.6) is 0 Å². The minimum atomic E-state index is 0.595. The first-order chi connectivity index (χ1) is 9.65. The van der Waals surface area contributed by atoms with Gasteiger partial charge in [0.15, 0.2) is 0 Å². The highest BCUT2D eigenvalue weighted by atomic mass is 14.9. The molecule has 20 heavy (non-hydrogen) atoms. The minimum Gasteiger partial charge on any atom is -0.314 e. The summed E-state index contributed by atoms with van der Waals surface area (Å²) in [7, 11) is 0. The second kappa shape index (κ2) is 7.83. The van der Waals surface area contributed by atoms with Crippen molar-refractivity contribution in [1.82, 2.24) is 5.32 Å². The molecule has 0 heterocycles. The molecule has 0 saturated heterocycles. The molecule has 1 aliphatic rings. The van der Waals surface area contributed by atoms with Crippen LogP contribution in [0.15, 0.2) is 24.3 Å². The number of hydrogen-bond donors (Lipinski definition) is 1. The van der Waals surface area contributed by atoms with Crippen LogP contribution in [0.3, 0.4) is 0 Å². The van der Waals surface area contributed by atoms with Gasteiger partial charge in [-0.05, 0) is 49.3 Å². The van der Waals surface area contributed by atoms with Crippen LogP contribution in [-0.4, -0.2) is 12.6 Å². The van der Waals surface area contributed by atoms with Gasteiger partial charge < -0.3 is 5.32 Å². The van der Waals surface area contributed by atoms with Crippen LogP contribution in [0.4, 0.5) is 0 Å². The Hall–Kier alpha value is -0.820. The van der Waals surface area contributed by atoms with Crippen LogP contribution in [0.25, 0.3) is 0 Å². The van der Waals surface area contributed by atoms with Crippen molar-refractivity contribution in [2.45, 2.75) is 65.3 Å². The molecule has 0 aliphatic heterocycles. The summed E-state index contributed by atoms with van der Waals surface area (Å²) in [6, 6.07) is 9.49. The normalized spacial score (nSPS) is 17.8. The Balaban J connectivity index is 1.95. The highest BCUT2D eigenvalue weighted by Crippen LogP contribution is 2.31. The first-order valence-electron chi connectivity index (χ1n) is 8.43. The average molecular weight is 273 g/mol. The van der Waals surface area contributed by atoms with Crippen LogP contribution < -0.4 is 5.32 Å². The maximum absolute atomic E-state index is 3.66. The van der Waals surface area contributed by atoms with E-state index < -0.39 is 0 Å². The highest BCUT2D eigenvalue weighted by molar-refractivity contribution is 5.26. The Labute approximate surface area is 125 Å². The molecule has 1 aromatic carbocycles. The van der Waals surface area contributed by atoms with Crippen molar-refractivity contribution >= 4 is 0 Å². The molecular formula is C19H31N. The van der Waals surface area contributed by atoms with Crippen LogP contribution in [-0.2, 0) is 6.42 Å². The number of benzene rings is 1. The first kappa shape index (κ1) is 15.6. The number of aryl methyl sites for hydroxylation is 1. The predicted molar refractivity (Wildman–Crippen MR) is 88.1 cm³/mol. The van der Waals surface area contributed by atoms with Gasteiger partial charge in [-0.3, -0.25) is 0 Å². The van der Waals surface area contributed by atoms with Gasteiger partial charge >= 0.3 is 0 Å². The Morgan fingerprint density at radius 1 is 1.15 bits per heavy atom. The third-order valence-corrected chi connectivity index (χ3v) is 4.73. The molecule has 1 aromatic rings. The van der Waals surface area contributed by atoms with Crippen molar-refractivity contribution in [3.8, 4) is 0 Å². The molecule has 0 bridgehead atoms. The largest absolute Gasteiger partial charge is 0.314 e. The Morgan fingerprint density at radius 3 is 2.50 bits per heavy atom. The van der Waals surface area contributed by atoms with E-state index in [9.17, 15) is 0 Å². The smallest absolute Gasteiger partial charge is 0.00104 e. The molecule has 1 fully saturated rings. The summed E-state index contributed by atoms with van der Waals surface area (Å²) >= 11 is 0. The third kappa shape index (κ3) is 4.94. The van der Waals surface area contributed by atoms with Gasteiger partial charge in [0.05, 0.1) is 0 Å². The van der Waals surface area contributed by atoms with Crippen LogP contribution in [0, 0.1) is 18.8 Å². The molecule has 1 heteroatoms. The van der Waals surface area contributed by atoms with Gasteiger partial charge in [0, 0.05) is 6.04 Å². The van der Waals surface area contributed by atoms with Crippen LogP contribution >= 0.6 is 0 Å². The van der Waals surface area contributed by atoms with Gasteiger partial charge in [-0.2, -0.15) is 0 Å². The molecular weight excluding hydrogens is 242 g/mol. The van der Waals surface area contributed by atoms with E-state index in [4.69, 9.17) is 0 Å². The van der Waals surface area contributed by atoms with Gasteiger partial charge in [0.1, 0.15) is 0 Å². The maximum Gasteiger partial charge on any atom is 0.00104 e. The van der Waals surface area contributed by atoms with Gasteiger partial charge in [0.25, 0.3) is 0 Å². The Kier molecular flexibility index (Phi) is 6.09. The van der Waals surface area contributed by atoms with Crippen molar-refractivity contribution in [2.24, 2.45) is 11.8 Å². The van der Waals surface area contributed by atoms with E-state index >= 15 is 0 Å². The zero-order chi connectivity index (χ0) is 14.4. The lowest BCUT2D eigenvalue weighted by Crippen LogP contribution is -2.31. The second-order valence-electron chi connectivity index (χ2n) is 6.95. The van der Waals surface area contributed by atoms with E-state index in [1.165, 1.54) is 50.6 Å². The number of hydrogen-bond acceptors (Lipinski definition) is 1. The minimum absolute atomic E-state index is 0.595. The average Bonchev–Trinajstić information content (AvgIpc) is 2.91. The molecule has 1 atom stereocenters. The van der Waals surface area contributed by atoms with Gasteiger partial charge in [-0.15, -0.1) is 0 Å². The van der Waals surface area contributed by atoms with E-state index in [2.05, 4.69) is 50.4 Å². The zero-order valence-electron chi connectivity index (χ0n) is 13.5. The number of rotatable bonds is 7. The van der Waals surface area contributed by atoms with Gasteiger partial charge in [0.2, 0.25) is 0 Å². The monoisotopic (exact) mass is 273 g/mol. The van der Waals surface area contributed by atoms with Crippen molar-refractivity contribution in [2.75, 3.05) is 6.54 Å².